The molecule has 6 heteroatoms. The van der Waals surface area contributed by atoms with Crippen molar-refractivity contribution in [3.05, 3.63) is 41.6 Å². The molecule has 0 saturated carbocycles. The Morgan fingerprint density at radius 1 is 1.28 bits per heavy atom. The van der Waals surface area contributed by atoms with Crippen molar-refractivity contribution >= 4 is 11.7 Å². The molecule has 0 spiro atoms. The molecular weight excluding hydrogens is 247 g/mol. The van der Waals surface area contributed by atoms with E-state index in [0.29, 0.717) is 5.69 Å². The number of hydrogen-bond acceptors (Lipinski definition) is 3. The molecule has 1 aromatic rings. The summed E-state index contributed by atoms with van der Waals surface area (Å²) in [6.45, 7) is 1.11. The van der Waals surface area contributed by atoms with Gasteiger partial charge in [-0.05, 0) is 24.6 Å². The molecule has 98 valence electrons. The number of carboxylic acid groups (broad SMARTS) is 1. The van der Waals surface area contributed by atoms with Crippen LogP contribution in [-0.2, 0) is 4.79 Å². The molecular formula is C12H11F3NO2-. The number of hydrogen-bond donors (Lipinski definition) is 1. The summed E-state index contributed by atoms with van der Waals surface area (Å²) in [5.41, 5.74) is -0.497. The zero-order valence-electron chi connectivity index (χ0n) is 9.54. The van der Waals surface area contributed by atoms with E-state index in [-0.39, 0.29) is 5.57 Å². The second-order valence-electron chi connectivity index (χ2n) is 3.73. The zero-order chi connectivity index (χ0) is 13.8. The fraction of sp³-hybridized carbons (Fsp3) is 0.250. The van der Waals surface area contributed by atoms with Crippen molar-refractivity contribution in [3.8, 4) is 0 Å². The Morgan fingerprint density at radius 3 is 2.28 bits per heavy atom. The van der Waals surface area contributed by atoms with E-state index < -0.39 is 24.3 Å². The van der Waals surface area contributed by atoms with E-state index in [2.05, 4.69) is 5.32 Å². The van der Waals surface area contributed by atoms with Gasteiger partial charge in [0.25, 0.3) is 0 Å². The molecule has 0 radical (unpaired) electrons. The lowest BCUT2D eigenvalue weighted by molar-refractivity contribution is -0.299. The van der Waals surface area contributed by atoms with Gasteiger partial charge in [0.15, 0.2) is 0 Å². The van der Waals surface area contributed by atoms with Crippen LogP contribution in [-0.4, -0.2) is 12.1 Å². The van der Waals surface area contributed by atoms with Crippen LogP contribution in [0.3, 0.4) is 0 Å². The van der Waals surface area contributed by atoms with E-state index in [4.69, 9.17) is 0 Å². The Bertz CT molecular complexity index is 452. The van der Waals surface area contributed by atoms with E-state index in [1.807, 2.05) is 0 Å². The lowest BCUT2D eigenvalue weighted by Crippen LogP contribution is -2.30. The lowest BCUT2D eigenvalue weighted by atomic mass is 10.1. The van der Waals surface area contributed by atoms with Crippen molar-refractivity contribution in [2.75, 3.05) is 5.32 Å². The standard InChI is InChI=1S/C12H12F3NO2/c1-8(7-12(13,14)15)10(11(17)18)16-9-5-3-2-4-6-9/h2-6,16H,7H2,1H3,(H,17,18)/p-1/b10-8+. The number of para-hydroxylation sites is 1. The van der Waals surface area contributed by atoms with Gasteiger partial charge >= 0.3 is 6.18 Å². The highest BCUT2D eigenvalue weighted by molar-refractivity contribution is 5.89. The topological polar surface area (TPSA) is 52.2 Å². The van der Waals surface area contributed by atoms with Crippen molar-refractivity contribution < 1.29 is 23.1 Å². The Morgan fingerprint density at radius 2 is 1.83 bits per heavy atom. The molecule has 0 aliphatic heterocycles. The number of rotatable bonds is 4. The van der Waals surface area contributed by atoms with E-state index in [9.17, 15) is 23.1 Å². The molecule has 0 amide bonds. The maximum atomic E-state index is 12.2. The molecule has 1 aromatic carbocycles. The van der Waals surface area contributed by atoms with Gasteiger partial charge in [-0.1, -0.05) is 18.2 Å². The normalized spacial score (nSPS) is 12.9. The molecule has 0 fully saturated rings. The number of nitrogens with one attached hydrogen (secondary N) is 1. The molecule has 0 bridgehead atoms. The second-order valence-corrected chi connectivity index (χ2v) is 3.73. The summed E-state index contributed by atoms with van der Waals surface area (Å²) in [7, 11) is 0. The largest absolute Gasteiger partial charge is 0.543 e. The van der Waals surface area contributed by atoms with E-state index >= 15 is 0 Å². The number of benzene rings is 1. The average Bonchev–Trinajstić information content (AvgIpc) is 2.24. The highest BCUT2D eigenvalue weighted by atomic mass is 19.4. The van der Waals surface area contributed by atoms with Crippen LogP contribution in [0.1, 0.15) is 13.3 Å². The number of anilines is 1. The van der Waals surface area contributed by atoms with Crippen LogP contribution < -0.4 is 10.4 Å². The molecule has 1 N–H and O–H groups in total. The second kappa shape index (κ2) is 5.57. The zero-order valence-corrected chi connectivity index (χ0v) is 9.54. The minimum atomic E-state index is -4.46. The summed E-state index contributed by atoms with van der Waals surface area (Å²) in [6.07, 6.45) is -5.75. The smallest absolute Gasteiger partial charge is 0.392 e. The van der Waals surface area contributed by atoms with Crippen molar-refractivity contribution in [2.24, 2.45) is 0 Å². The first kappa shape index (κ1) is 14.1. The van der Waals surface area contributed by atoms with Crippen molar-refractivity contribution in [3.63, 3.8) is 0 Å². The predicted octanol–water partition coefficient (Wildman–Crippen LogP) is 2.07. The molecule has 0 heterocycles. The SMILES string of the molecule is C/C(CC(F)(F)F)=C(\Nc1ccccc1)C(=O)[O-]. The van der Waals surface area contributed by atoms with Gasteiger partial charge < -0.3 is 15.2 Å². The van der Waals surface area contributed by atoms with E-state index in [1.165, 1.54) is 0 Å². The Kier molecular flexibility index (Phi) is 4.36. The minimum absolute atomic E-state index is 0.327. The van der Waals surface area contributed by atoms with Gasteiger partial charge in [0.2, 0.25) is 0 Å². The minimum Gasteiger partial charge on any atom is -0.543 e. The molecule has 18 heavy (non-hydrogen) atoms. The number of carbonyl (C=O) groups is 1. The fourth-order valence-electron chi connectivity index (χ4n) is 1.39. The maximum absolute atomic E-state index is 12.2. The monoisotopic (exact) mass is 258 g/mol. The van der Waals surface area contributed by atoms with Crippen LogP contribution >= 0.6 is 0 Å². The first-order valence-electron chi connectivity index (χ1n) is 5.09. The highest BCUT2D eigenvalue weighted by Crippen LogP contribution is 2.26. The fourth-order valence-corrected chi connectivity index (χ4v) is 1.39. The van der Waals surface area contributed by atoms with Gasteiger partial charge in [0.1, 0.15) is 0 Å². The first-order chi connectivity index (χ1) is 8.29. The molecule has 0 aliphatic carbocycles. The lowest BCUT2D eigenvalue weighted by Gasteiger charge is -2.17. The molecule has 0 saturated heterocycles. The number of halogens is 3. The highest BCUT2D eigenvalue weighted by Gasteiger charge is 2.28. The summed E-state index contributed by atoms with van der Waals surface area (Å²) in [6, 6.07) is 8.06. The number of allylic oxidation sites excluding steroid dienone is 1. The number of aliphatic carboxylic acids is 1. The predicted molar refractivity (Wildman–Crippen MR) is 58.4 cm³/mol. The molecule has 0 aliphatic rings. The molecule has 0 aromatic heterocycles. The Balaban J connectivity index is 2.96. The van der Waals surface area contributed by atoms with Crippen LogP contribution in [0.2, 0.25) is 0 Å². The maximum Gasteiger partial charge on any atom is 0.392 e. The molecule has 3 nitrogen and oxygen atoms in total. The van der Waals surface area contributed by atoms with Crippen LogP contribution in [0, 0.1) is 0 Å². The van der Waals surface area contributed by atoms with Gasteiger partial charge in [0.05, 0.1) is 18.1 Å². The number of carboxylic acids is 1. The van der Waals surface area contributed by atoms with Crippen molar-refractivity contribution in [1.29, 1.82) is 0 Å². The summed E-state index contributed by atoms with van der Waals surface area (Å²) < 4.78 is 36.6. The van der Waals surface area contributed by atoms with Crippen molar-refractivity contribution in [1.82, 2.24) is 0 Å². The summed E-state index contributed by atoms with van der Waals surface area (Å²) in [4.78, 5) is 10.8. The summed E-state index contributed by atoms with van der Waals surface area (Å²) in [5.74, 6) is -1.67. The van der Waals surface area contributed by atoms with Crippen molar-refractivity contribution in [2.45, 2.75) is 19.5 Å². The summed E-state index contributed by atoms with van der Waals surface area (Å²) >= 11 is 0. The third-order valence-electron chi connectivity index (χ3n) is 2.14. The summed E-state index contributed by atoms with van der Waals surface area (Å²) in [5, 5.41) is 13.3. The molecule has 1 rings (SSSR count). The van der Waals surface area contributed by atoms with Gasteiger partial charge in [-0.15, -0.1) is 0 Å². The van der Waals surface area contributed by atoms with E-state index in [0.717, 1.165) is 6.92 Å². The number of carbonyl (C=O) groups excluding carboxylic acids is 1. The Labute approximate surface area is 102 Å². The van der Waals surface area contributed by atoms with Gasteiger partial charge in [-0.2, -0.15) is 13.2 Å². The Hall–Kier alpha value is -1.98. The van der Waals surface area contributed by atoms with E-state index in [1.54, 1.807) is 30.3 Å². The quantitative estimate of drug-likeness (QED) is 0.841. The van der Waals surface area contributed by atoms with Crippen LogP contribution in [0.15, 0.2) is 41.6 Å². The van der Waals surface area contributed by atoms with Gasteiger partial charge in [-0.3, -0.25) is 0 Å². The third kappa shape index (κ3) is 4.48. The average molecular weight is 258 g/mol. The van der Waals surface area contributed by atoms with Gasteiger partial charge in [0, 0.05) is 5.69 Å². The van der Waals surface area contributed by atoms with Crippen LogP contribution in [0.4, 0.5) is 18.9 Å². The van der Waals surface area contributed by atoms with Crippen LogP contribution in [0.25, 0.3) is 0 Å². The van der Waals surface area contributed by atoms with Gasteiger partial charge in [-0.25, -0.2) is 0 Å². The molecule has 0 unspecified atom stereocenters. The number of alkyl halides is 3. The first-order valence-corrected chi connectivity index (χ1v) is 5.09. The van der Waals surface area contributed by atoms with Crippen LogP contribution in [0.5, 0.6) is 0 Å². The molecule has 0 atom stereocenters. The third-order valence-corrected chi connectivity index (χ3v) is 2.14.